The fourth-order valence-electron chi connectivity index (χ4n) is 1.68. The van der Waals surface area contributed by atoms with Gasteiger partial charge < -0.3 is 5.11 Å². The molecule has 106 valence electrons. The average Bonchev–Trinajstić information content (AvgIpc) is 2.41. The number of rotatable bonds is 4. The molecule has 0 saturated carbocycles. The predicted molar refractivity (Wildman–Crippen MR) is 77.2 cm³/mol. The summed E-state index contributed by atoms with van der Waals surface area (Å²) in [6.45, 7) is 1.45. The highest BCUT2D eigenvalue weighted by atomic mass is 35.5. The number of aromatic nitrogens is 1. The highest BCUT2D eigenvalue weighted by Crippen LogP contribution is 2.23. The highest BCUT2D eigenvalue weighted by molar-refractivity contribution is 7.92. The van der Waals surface area contributed by atoms with Crippen LogP contribution in [0.3, 0.4) is 0 Å². The Morgan fingerprint density at radius 2 is 2.10 bits per heavy atom. The molecule has 0 aliphatic rings. The van der Waals surface area contributed by atoms with E-state index in [0.717, 1.165) is 0 Å². The van der Waals surface area contributed by atoms with E-state index >= 15 is 0 Å². The molecule has 1 aromatic heterocycles. The zero-order valence-corrected chi connectivity index (χ0v) is 12.2. The topological polar surface area (TPSA) is 79.3 Å². The molecule has 2 aromatic rings. The molecule has 0 aliphatic heterocycles. The van der Waals surface area contributed by atoms with Crippen LogP contribution in [0.4, 0.5) is 5.82 Å². The summed E-state index contributed by atoms with van der Waals surface area (Å²) in [5, 5.41) is 9.32. The summed E-state index contributed by atoms with van der Waals surface area (Å²) in [4.78, 5) is 3.98. The Morgan fingerprint density at radius 3 is 2.75 bits per heavy atom. The number of aryl methyl sites for hydroxylation is 1. The molecule has 5 nitrogen and oxygen atoms in total. The van der Waals surface area contributed by atoms with Crippen molar-refractivity contribution in [3.05, 3.63) is 52.7 Å². The van der Waals surface area contributed by atoms with Crippen LogP contribution in [0.5, 0.6) is 0 Å². The lowest BCUT2D eigenvalue weighted by atomic mass is 10.2. The van der Waals surface area contributed by atoms with Gasteiger partial charge in [0.2, 0.25) is 0 Å². The van der Waals surface area contributed by atoms with E-state index in [1.807, 2.05) is 0 Å². The monoisotopic (exact) mass is 312 g/mol. The first kappa shape index (κ1) is 14.8. The summed E-state index contributed by atoms with van der Waals surface area (Å²) in [5.74, 6) is 0.0722. The van der Waals surface area contributed by atoms with E-state index in [1.165, 1.54) is 12.3 Å². The van der Waals surface area contributed by atoms with Gasteiger partial charge in [-0.1, -0.05) is 23.7 Å². The molecule has 2 N–H and O–H groups in total. The van der Waals surface area contributed by atoms with Gasteiger partial charge >= 0.3 is 0 Å². The van der Waals surface area contributed by atoms with Crippen LogP contribution in [0.1, 0.15) is 11.1 Å². The van der Waals surface area contributed by atoms with Crippen LogP contribution in [-0.4, -0.2) is 18.5 Å². The van der Waals surface area contributed by atoms with Crippen LogP contribution in [0.2, 0.25) is 5.02 Å². The van der Waals surface area contributed by atoms with Crippen molar-refractivity contribution >= 4 is 27.4 Å². The number of sulfonamides is 1. The number of hydrogen-bond acceptors (Lipinski definition) is 4. The molecule has 1 heterocycles. The number of halogens is 1. The van der Waals surface area contributed by atoms with Gasteiger partial charge in [0, 0.05) is 6.20 Å². The van der Waals surface area contributed by atoms with Crippen molar-refractivity contribution < 1.29 is 13.5 Å². The molecule has 0 bridgehead atoms. The zero-order chi connectivity index (χ0) is 14.8. The van der Waals surface area contributed by atoms with E-state index in [9.17, 15) is 8.42 Å². The Morgan fingerprint density at radius 1 is 1.35 bits per heavy atom. The van der Waals surface area contributed by atoms with Gasteiger partial charge in [0.05, 0.1) is 16.5 Å². The SMILES string of the molecule is Cc1ccc(CO)cc1S(=O)(=O)Nc1ncccc1Cl. The number of pyridine rings is 1. The average molecular weight is 313 g/mol. The number of aliphatic hydroxyl groups is 1. The molecule has 2 rings (SSSR count). The van der Waals surface area contributed by atoms with Crippen LogP contribution in [-0.2, 0) is 16.6 Å². The van der Waals surface area contributed by atoms with Gasteiger partial charge in [-0.2, -0.15) is 0 Å². The maximum absolute atomic E-state index is 12.4. The second kappa shape index (κ2) is 5.78. The van der Waals surface area contributed by atoms with Crippen LogP contribution in [0.25, 0.3) is 0 Å². The minimum absolute atomic E-state index is 0.0722. The Hall–Kier alpha value is -1.63. The van der Waals surface area contributed by atoms with Crippen molar-refractivity contribution in [1.82, 2.24) is 4.98 Å². The second-order valence-corrected chi connectivity index (χ2v) is 6.26. The quantitative estimate of drug-likeness (QED) is 0.908. The lowest BCUT2D eigenvalue weighted by Gasteiger charge is -2.11. The number of aliphatic hydroxyl groups excluding tert-OH is 1. The molecule has 0 amide bonds. The zero-order valence-electron chi connectivity index (χ0n) is 10.7. The summed E-state index contributed by atoms with van der Waals surface area (Å²) in [6, 6.07) is 7.89. The van der Waals surface area contributed by atoms with E-state index in [1.54, 1.807) is 31.2 Å². The predicted octanol–water partition coefficient (Wildman–Crippen LogP) is 2.34. The van der Waals surface area contributed by atoms with Gasteiger partial charge in [-0.25, -0.2) is 13.4 Å². The van der Waals surface area contributed by atoms with Crippen molar-refractivity contribution in [3.8, 4) is 0 Å². The van der Waals surface area contributed by atoms with Gasteiger partial charge in [-0.15, -0.1) is 0 Å². The third kappa shape index (κ3) is 3.09. The molecule has 20 heavy (non-hydrogen) atoms. The minimum atomic E-state index is -3.81. The number of anilines is 1. The van der Waals surface area contributed by atoms with Crippen LogP contribution in [0, 0.1) is 6.92 Å². The minimum Gasteiger partial charge on any atom is -0.392 e. The molecule has 0 fully saturated rings. The van der Waals surface area contributed by atoms with Crippen molar-refractivity contribution in [3.63, 3.8) is 0 Å². The Bertz CT molecular complexity index is 732. The van der Waals surface area contributed by atoms with Gasteiger partial charge in [0.15, 0.2) is 5.82 Å². The summed E-state index contributed by atoms with van der Waals surface area (Å²) in [5.41, 5.74) is 1.09. The largest absolute Gasteiger partial charge is 0.392 e. The first-order valence-corrected chi connectivity index (χ1v) is 7.64. The first-order valence-electron chi connectivity index (χ1n) is 5.78. The Kier molecular flexibility index (Phi) is 4.27. The van der Waals surface area contributed by atoms with Gasteiger partial charge in [0.25, 0.3) is 10.0 Å². The smallest absolute Gasteiger partial charge is 0.263 e. The van der Waals surface area contributed by atoms with Crippen molar-refractivity contribution in [1.29, 1.82) is 0 Å². The van der Waals surface area contributed by atoms with Gasteiger partial charge in [0.1, 0.15) is 0 Å². The number of benzene rings is 1. The van der Waals surface area contributed by atoms with Crippen molar-refractivity contribution in [2.75, 3.05) is 4.72 Å². The van der Waals surface area contributed by atoms with Gasteiger partial charge in [-0.05, 0) is 36.2 Å². The number of nitrogens with one attached hydrogen (secondary N) is 1. The fourth-order valence-corrected chi connectivity index (χ4v) is 3.23. The second-order valence-electron chi connectivity index (χ2n) is 4.20. The molecule has 0 spiro atoms. The van der Waals surface area contributed by atoms with Crippen LogP contribution < -0.4 is 4.72 Å². The van der Waals surface area contributed by atoms with E-state index in [2.05, 4.69) is 9.71 Å². The molecule has 0 saturated heterocycles. The van der Waals surface area contributed by atoms with E-state index in [4.69, 9.17) is 16.7 Å². The Labute approximate surface area is 122 Å². The normalized spacial score (nSPS) is 11.3. The molecule has 1 aromatic carbocycles. The molecule has 0 aliphatic carbocycles. The third-order valence-electron chi connectivity index (χ3n) is 2.71. The third-order valence-corrected chi connectivity index (χ3v) is 4.50. The summed E-state index contributed by atoms with van der Waals surface area (Å²) < 4.78 is 27.0. The van der Waals surface area contributed by atoms with E-state index < -0.39 is 10.0 Å². The van der Waals surface area contributed by atoms with Crippen LogP contribution >= 0.6 is 11.6 Å². The maximum atomic E-state index is 12.4. The first-order chi connectivity index (χ1) is 9.44. The molecule has 0 atom stereocenters. The number of hydrogen-bond donors (Lipinski definition) is 2. The van der Waals surface area contributed by atoms with Crippen molar-refractivity contribution in [2.24, 2.45) is 0 Å². The standard InChI is InChI=1S/C13H13ClN2O3S/c1-9-4-5-10(8-17)7-12(9)20(18,19)16-13-11(14)3-2-6-15-13/h2-7,17H,8H2,1H3,(H,15,16). The van der Waals surface area contributed by atoms with E-state index in [-0.39, 0.29) is 22.3 Å². The van der Waals surface area contributed by atoms with E-state index in [0.29, 0.717) is 11.1 Å². The lowest BCUT2D eigenvalue weighted by molar-refractivity contribution is 0.281. The van der Waals surface area contributed by atoms with Gasteiger partial charge in [-0.3, -0.25) is 4.72 Å². The lowest BCUT2D eigenvalue weighted by Crippen LogP contribution is -2.15. The molecule has 7 heteroatoms. The molecular formula is C13H13ClN2O3S. The maximum Gasteiger partial charge on any atom is 0.263 e. The summed E-state index contributed by atoms with van der Waals surface area (Å²) in [7, 11) is -3.81. The summed E-state index contributed by atoms with van der Waals surface area (Å²) >= 11 is 5.89. The van der Waals surface area contributed by atoms with Crippen molar-refractivity contribution in [2.45, 2.75) is 18.4 Å². The Balaban J connectivity index is 2.43. The summed E-state index contributed by atoms with van der Waals surface area (Å²) in [6.07, 6.45) is 1.45. The number of nitrogens with zero attached hydrogens (tertiary/aromatic N) is 1. The van der Waals surface area contributed by atoms with Crippen LogP contribution in [0.15, 0.2) is 41.4 Å². The highest BCUT2D eigenvalue weighted by Gasteiger charge is 2.19. The molecule has 0 radical (unpaired) electrons. The fraction of sp³-hybridized carbons (Fsp3) is 0.154. The molecule has 0 unspecified atom stereocenters. The molecular weight excluding hydrogens is 300 g/mol.